The van der Waals surface area contributed by atoms with Gasteiger partial charge in [0.2, 0.25) is 0 Å². The van der Waals surface area contributed by atoms with Gasteiger partial charge >= 0.3 is 0 Å². The molecule has 30 heavy (non-hydrogen) atoms. The summed E-state index contributed by atoms with van der Waals surface area (Å²) in [6, 6.07) is 13.4. The molecule has 0 spiro atoms. The van der Waals surface area contributed by atoms with Gasteiger partial charge in [-0.05, 0) is 55.1 Å². The van der Waals surface area contributed by atoms with Crippen LogP contribution in [0.3, 0.4) is 0 Å². The first-order valence-corrected chi connectivity index (χ1v) is 11.1. The monoisotopic (exact) mass is 490 g/mol. The molecule has 0 unspecified atom stereocenters. The molecular weight excluding hydrogens is 468 g/mol. The molecule has 7 heteroatoms. The van der Waals surface area contributed by atoms with Crippen LogP contribution in [0.25, 0.3) is 5.76 Å². The normalized spacial score (nSPS) is 18.4. The molecule has 0 bridgehead atoms. The minimum atomic E-state index is -0.671. The van der Waals surface area contributed by atoms with Crippen LogP contribution < -0.4 is 0 Å². The molecule has 1 atom stereocenters. The molecule has 1 heterocycles. The van der Waals surface area contributed by atoms with E-state index < -0.39 is 17.7 Å². The molecule has 0 aromatic heterocycles. The van der Waals surface area contributed by atoms with Crippen LogP contribution in [-0.2, 0) is 9.59 Å². The van der Waals surface area contributed by atoms with Gasteiger partial charge in [-0.2, -0.15) is 0 Å². The van der Waals surface area contributed by atoms with E-state index in [1.54, 1.807) is 29.2 Å². The number of amides is 1. The fourth-order valence-corrected chi connectivity index (χ4v) is 4.04. The van der Waals surface area contributed by atoms with Crippen LogP contribution in [0.5, 0.6) is 0 Å². The van der Waals surface area contributed by atoms with Gasteiger partial charge < -0.3 is 14.9 Å². The molecule has 0 saturated carbocycles. The van der Waals surface area contributed by atoms with E-state index >= 15 is 0 Å². The van der Waals surface area contributed by atoms with Gasteiger partial charge in [-0.1, -0.05) is 53.5 Å². The minimum absolute atomic E-state index is 0.101. The van der Waals surface area contributed by atoms with Gasteiger partial charge in [-0.25, -0.2) is 0 Å². The molecule has 2 aromatic carbocycles. The number of halogens is 2. The fourth-order valence-electron chi connectivity index (χ4n) is 3.65. The Bertz CT molecular complexity index is 953. The third-order valence-electron chi connectivity index (χ3n) is 5.39. The summed E-state index contributed by atoms with van der Waals surface area (Å²) in [6.07, 6.45) is 0. The lowest BCUT2D eigenvalue weighted by atomic mass is 9.95. The summed E-state index contributed by atoms with van der Waals surface area (Å²) in [5.74, 6) is -1.45. The molecule has 1 aliphatic rings. The number of nitrogens with zero attached hydrogens (tertiary/aromatic N) is 2. The average molecular weight is 492 g/mol. The van der Waals surface area contributed by atoms with E-state index in [9.17, 15) is 14.7 Å². The van der Waals surface area contributed by atoms with Crippen molar-refractivity contribution < 1.29 is 14.7 Å². The van der Waals surface area contributed by atoms with Crippen LogP contribution in [0.4, 0.5) is 0 Å². The van der Waals surface area contributed by atoms with Gasteiger partial charge in [0.25, 0.3) is 11.7 Å². The molecule has 2 aromatic rings. The zero-order valence-corrected chi connectivity index (χ0v) is 19.3. The average Bonchev–Trinajstić information content (AvgIpc) is 3.00. The number of likely N-dealkylation sites (tertiary alicyclic amines) is 1. The van der Waals surface area contributed by atoms with Crippen molar-refractivity contribution >= 4 is 45.0 Å². The van der Waals surface area contributed by atoms with E-state index in [1.807, 2.05) is 24.3 Å². The Kier molecular flexibility index (Phi) is 7.34. The van der Waals surface area contributed by atoms with Gasteiger partial charge in [0.1, 0.15) is 5.76 Å². The van der Waals surface area contributed by atoms with E-state index in [0.717, 1.165) is 23.1 Å². The summed E-state index contributed by atoms with van der Waals surface area (Å²) in [4.78, 5) is 29.7. The molecule has 1 saturated heterocycles. The maximum atomic E-state index is 13.0. The summed E-state index contributed by atoms with van der Waals surface area (Å²) in [6.45, 7) is 6.87. The number of hydrogen-bond acceptors (Lipinski definition) is 4. The van der Waals surface area contributed by atoms with Crippen molar-refractivity contribution in [2.75, 3.05) is 26.2 Å². The van der Waals surface area contributed by atoms with Crippen molar-refractivity contribution in [3.8, 4) is 0 Å². The minimum Gasteiger partial charge on any atom is -0.507 e. The van der Waals surface area contributed by atoms with Crippen LogP contribution >= 0.6 is 27.5 Å². The molecule has 0 radical (unpaired) electrons. The maximum Gasteiger partial charge on any atom is 0.295 e. The zero-order valence-electron chi connectivity index (χ0n) is 16.9. The van der Waals surface area contributed by atoms with E-state index in [4.69, 9.17) is 11.6 Å². The Labute approximate surface area is 190 Å². The highest BCUT2D eigenvalue weighted by Gasteiger charge is 2.45. The number of rotatable bonds is 7. The number of aliphatic hydroxyl groups is 1. The third kappa shape index (κ3) is 4.61. The Morgan fingerprint density at radius 2 is 1.67 bits per heavy atom. The van der Waals surface area contributed by atoms with Crippen molar-refractivity contribution in [3.63, 3.8) is 0 Å². The number of hydrogen-bond donors (Lipinski definition) is 1. The maximum absolute atomic E-state index is 13.0. The zero-order chi connectivity index (χ0) is 21.8. The number of carbonyl (C=O) groups excluding carboxylic acids is 2. The molecule has 1 aliphatic heterocycles. The van der Waals surface area contributed by atoms with Crippen molar-refractivity contribution in [1.82, 2.24) is 9.80 Å². The summed E-state index contributed by atoms with van der Waals surface area (Å²) < 4.78 is 0.893. The number of benzene rings is 2. The second-order valence-electron chi connectivity index (χ2n) is 7.08. The SMILES string of the molecule is CCN(CC)CCN1C(=O)C(=O)/C(=C(/O)c2ccc(Cl)cc2)[C@H]1c1ccc(Br)cc1. The Morgan fingerprint density at radius 1 is 1.07 bits per heavy atom. The topological polar surface area (TPSA) is 60.9 Å². The highest BCUT2D eigenvalue weighted by molar-refractivity contribution is 9.10. The van der Waals surface area contributed by atoms with Crippen LogP contribution in [0.15, 0.2) is 58.6 Å². The molecule has 3 rings (SSSR count). The van der Waals surface area contributed by atoms with Gasteiger partial charge in [-0.15, -0.1) is 0 Å². The molecule has 1 N–H and O–H groups in total. The summed E-state index contributed by atoms with van der Waals surface area (Å²) in [5, 5.41) is 11.5. The van der Waals surface area contributed by atoms with E-state index in [2.05, 4.69) is 34.7 Å². The second kappa shape index (κ2) is 9.77. The first kappa shape index (κ1) is 22.5. The molecule has 5 nitrogen and oxygen atoms in total. The van der Waals surface area contributed by atoms with Crippen molar-refractivity contribution in [1.29, 1.82) is 0 Å². The van der Waals surface area contributed by atoms with E-state index in [1.165, 1.54) is 0 Å². The summed E-state index contributed by atoms with van der Waals surface area (Å²) >= 11 is 9.37. The fraction of sp³-hybridized carbons (Fsp3) is 0.304. The van der Waals surface area contributed by atoms with Gasteiger partial charge in [-0.3, -0.25) is 9.59 Å². The predicted octanol–water partition coefficient (Wildman–Crippen LogP) is 4.87. The Morgan fingerprint density at radius 3 is 2.23 bits per heavy atom. The lowest BCUT2D eigenvalue weighted by Crippen LogP contribution is -2.38. The van der Waals surface area contributed by atoms with Crippen molar-refractivity contribution in [2.45, 2.75) is 19.9 Å². The first-order chi connectivity index (χ1) is 14.4. The number of likely N-dealkylation sites (N-methyl/N-ethyl adjacent to an activating group) is 1. The van der Waals surface area contributed by atoms with Crippen LogP contribution in [0.1, 0.15) is 31.0 Å². The molecule has 0 aliphatic carbocycles. The molecule has 158 valence electrons. The van der Waals surface area contributed by atoms with Crippen molar-refractivity contribution in [2.24, 2.45) is 0 Å². The number of aliphatic hydroxyl groups excluding tert-OH is 1. The van der Waals surface area contributed by atoms with Gasteiger partial charge in [0.05, 0.1) is 11.6 Å². The van der Waals surface area contributed by atoms with E-state index in [-0.39, 0.29) is 11.3 Å². The number of Topliss-reactive ketones (excluding diaryl/α,β-unsaturated/α-hetero) is 1. The summed E-state index contributed by atoms with van der Waals surface area (Å²) in [5.41, 5.74) is 1.32. The largest absolute Gasteiger partial charge is 0.507 e. The number of ketones is 1. The highest BCUT2D eigenvalue weighted by Crippen LogP contribution is 2.39. The smallest absolute Gasteiger partial charge is 0.295 e. The van der Waals surface area contributed by atoms with Gasteiger partial charge in [0, 0.05) is 28.1 Å². The van der Waals surface area contributed by atoms with Crippen LogP contribution in [0, 0.1) is 0 Å². The van der Waals surface area contributed by atoms with Crippen LogP contribution in [0.2, 0.25) is 5.02 Å². The lowest BCUT2D eigenvalue weighted by Gasteiger charge is -2.28. The molecular formula is C23H24BrClN2O3. The Balaban J connectivity index is 2.08. The first-order valence-electron chi connectivity index (χ1n) is 9.89. The highest BCUT2D eigenvalue weighted by atomic mass is 79.9. The molecule has 1 amide bonds. The van der Waals surface area contributed by atoms with E-state index in [0.29, 0.717) is 23.7 Å². The predicted molar refractivity (Wildman–Crippen MR) is 122 cm³/mol. The van der Waals surface area contributed by atoms with Crippen molar-refractivity contribution in [3.05, 3.63) is 74.7 Å². The van der Waals surface area contributed by atoms with Gasteiger partial charge in [0.15, 0.2) is 0 Å². The Hall–Kier alpha value is -2.15. The molecule has 1 fully saturated rings. The van der Waals surface area contributed by atoms with Crippen LogP contribution in [-0.4, -0.2) is 52.8 Å². The summed E-state index contributed by atoms with van der Waals surface area (Å²) in [7, 11) is 0. The third-order valence-corrected chi connectivity index (χ3v) is 6.18. The quantitative estimate of drug-likeness (QED) is 0.341. The second-order valence-corrected chi connectivity index (χ2v) is 8.43. The lowest BCUT2D eigenvalue weighted by molar-refractivity contribution is -0.140. The number of carbonyl (C=O) groups is 2. The standard InChI is InChI=1S/C23H24BrClN2O3/c1-3-26(4-2)13-14-27-20(15-5-9-17(24)10-6-15)19(22(29)23(27)30)21(28)16-7-11-18(25)12-8-16/h5-12,20,28H,3-4,13-14H2,1-2H3/b21-19+/t20-/m1/s1.